The number of hydrogen-bond donors (Lipinski definition) is 2. The van der Waals surface area contributed by atoms with Gasteiger partial charge >= 0.3 is 0 Å². The molecule has 2 aliphatic rings. The highest BCUT2D eigenvalue weighted by atomic mass is 32.2. The number of ether oxygens (including phenoxy) is 1. The van der Waals surface area contributed by atoms with E-state index < -0.39 is 10.0 Å². The summed E-state index contributed by atoms with van der Waals surface area (Å²) < 4.78 is 34.8. The number of nitrogens with one attached hydrogen (secondary N) is 2. The number of carbonyl (C=O) groups excluding carboxylic acids is 1. The summed E-state index contributed by atoms with van der Waals surface area (Å²) in [5.41, 5.74) is 3.74. The van der Waals surface area contributed by atoms with Gasteiger partial charge in [-0.05, 0) is 43.2 Å². The molecule has 3 aromatic rings. The molecule has 0 spiro atoms. The average molecular weight is 480 g/mol. The van der Waals surface area contributed by atoms with Crippen LogP contribution in [0.5, 0.6) is 5.88 Å². The van der Waals surface area contributed by atoms with Crippen LogP contribution in [0.4, 0.5) is 5.95 Å². The maximum atomic E-state index is 13.3. The van der Waals surface area contributed by atoms with E-state index in [-0.39, 0.29) is 35.3 Å². The fourth-order valence-electron chi connectivity index (χ4n) is 4.39. The summed E-state index contributed by atoms with van der Waals surface area (Å²) in [4.78, 5) is 23.8. The molecular formula is C24H25N5O4S. The zero-order chi connectivity index (χ0) is 23.9. The Hall–Kier alpha value is -3.50. The van der Waals surface area contributed by atoms with Crippen molar-refractivity contribution in [3.63, 3.8) is 0 Å². The van der Waals surface area contributed by atoms with Gasteiger partial charge in [-0.15, -0.1) is 0 Å². The molecule has 1 saturated heterocycles. The van der Waals surface area contributed by atoms with E-state index in [0.29, 0.717) is 30.9 Å². The number of sulfonamides is 1. The molecule has 0 aliphatic carbocycles. The second-order valence-electron chi connectivity index (χ2n) is 8.48. The van der Waals surface area contributed by atoms with Crippen molar-refractivity contribution in [3.05, 3.63) is 65.2 Å². The molecule has 3 heterocycles. The molecule has 1 aromatic heterocycles. The van der Waals surface area contributed by atoms with Crippen molar-refractivity contribution in [2.75, 3.05) is 31.0 Å². The maximum Gasteiger partial charge on any atom is 0.264 e. The van der Waals surface area contributed by atoms with Crippen molar-refractivity contribution in [2.45, 2.75) is 24.8 Å². The number of benzene rings is 2. The van der Waals surface area contributed by atoms with Gasteiger partial charge in [-0.3, -0.25) is 4.79 Å². The summed E-state index contributed by atoms with van der Waals surface area (Å²) in [5, 5.41) is 3.29. The summed E-state index contributed by atoms with van der Waals surface area (Å²) in [7, 11) is -4.04. The Bertz CT molecular complexity index is 1360. The third kappa shape index (κ3) is 4.22. The van der Waals surface area contributed by atoms with Crippen LogP contribution in [0.3, 0.4) is 0 Å². The van der Waals surface area contributed by atoms with Gasteiger partial charge in [-0.1, -0.05) is 24.3 Å². The summed E-state index contributed by atoms with van der Waals surface area (Å²) in [5.74, 6) is -0.0977. The number of anilines is 1. The molecule has 9 nitrogen and oxygen atoms in total. The maximum absolute atomic E-state index is 13.3. The lowest BCUT2D eigenvalue weighted by molar-refractivity contribution is 0.0555. The van der Waals surface area contributed by atoms with Crippen LogP contribution < -0.4 is 14.8 Å². The molecule has 0 saturated carbocycles. The number of amides is 1. The van der Waals surface area contributed by atoms with Gasteiger partial charge in [0.25, 0.3) is 15.9 Å². The number of fused-ring (bicyclic) bond motifs is 5. The molecule has 0 radical (unpaired) electrons. The largest absolute Gasteiger partial charge is 0.475 e. The van der Waals surface area contributed by atoms with Crippen LogP contribution in [-0.2, 0) is 10.0 Å². The Morgan fingerprint density at radius 2 is 1.82 bits per heavy atom. The lowest BCUT2D eigenvalue weighted by atomic mass is 10.00. The quantitative estimate of drug-likeness (QED) is 0.551. The van der Waals surface area contributed by atoms with E-state index in [2.05, 4.69) is 20.0 Å². The van der Waals surface area contributed by atoms with Crippen LogP contribution in [0.2, 0.25) is 0 Å². The van der Waals surface area contributed by atoms with Gasteiger partial charge in [-0.2, -0.15) is 4.98 Å². The van der Waals surface area contributed by atoms with Gasteiger partial charge in [0.2, 0.25) is 11.8 Å². The normalized spacial score (nSPS) is 19.5. The van der Waals surface area contributed by atoms with E-state index in [1.165, 1.54) is 12.1 Å². The minimum atomic E-state index is -4.04. The van der Waals surface area contributed by atoms with Crippen molar-refractivity contribution >= 4 is 21.9 Å². The standard InChI is InChI=1S/C24H25N5O4S/c1-15-5-3-6-16(2)22(15)20-12-21-27-24(26-20)28-34(31,32)19-8-4-7-17(11-19)23(30)29-10-9-25-13-18(29)14-33-21/h3-8,11-12,18,25H,9-10,13-14H2,1-2H3,(H,26,27,28)/t18-/m1/s1. The van der Waals surface area contributed by atoms with Crippen molar-refractivity contribution in [3.8, 4) is 17.1 Å². The number of nitrogens with zero attached hydrogens (tertiary/aromatic N) is 3. The van der Waals surface area contributed by atoms with Crippen LogP contribution >= 0.6 is 0 Å². The van der Waals surface area contributed by atoms with Gasteiger partial charge in [0, 0.05) is 36.8 Å². The summed E-state index contributed by atoms with van der Waals surface area (Å²) in [6.45, 7) is 5.85. The molecular weight excluding hydrogens is 454 g/mol. The average Bonchev–Trinajstić information content (AvgIpc) is 2.82. The van der Waals surface area contributed by atoms with Crippen molar-refractivity contribution in [2.24, 2.45) is 0 Å². The minimum absolute atomic E-state index is 0.0344. The molecule has 1 amide bonds. The van der Waals surface area contributed by atoms with Crippen LogP contribution in [0.1, 0.15) is 21.5 Å². The van der Waals surface area contributed by atoms with Crippen molar-refractivity contribution in [1.82, 2.24) is 20.2 Å². The van der Waals surface area contributed by atoms with Crippen LogP contribution in [0.25, 0.3) is 11.3 Å². The van der Waals surface area contributed by atoms with Crippen molar-refractivity contribution in [1.29, 1.82) is 0 Å². The fraction of sp³-hybridized carbons (Fsp3) is 0.292. The number of rotatable bonds is 1. The number of aromatic nitrogens is 2. The highest BCUT2D eigenvalue weighted by Gasteiger charge is 2.30. The van der Waals surface area contributed by atoms with E-state index in [1.807, 2.05) is 32.0 Å². The predicted octanol–water partition coefficient (Wildman–Crippen LogP) is 2.37. The van der Waals surface area contributed by atoms with Gasteiger partial charge in [0.1, 0.15) is 6.61 Å². The van der Waals surface area contributed by atoms with E-state index >= 15 is 0 Å². The van der Waals surface area contributed by atoms with Crippen molar-refractivity contribution < 1.29 is 17.9 Å². The highest BCUT2D eigenvalue weighted by molar-refractivity contribution is 7.92. The molecule has 2 N–H and O–H groups in total. The number of piperazine rings is 1. The second kappa shape index (κ2) is 8.69. The Morgan fingerprint density at radius 3 is 2.62 bits per heavy atom. The number of aryl methyl sites for hydroxylation is 2. The highest BCUT2D eigenvalue weighted by Crippen LogP contribution is 2.30. The predicted molar refractivity (Wildman–Crippen MR) is 127 cm³/mol. The first kappa shape index (κ1) is 22.3. The zero-order valence-electron chi connectivity index (χ0n) is 18.9. The Labute approximate surface area is 198 Å². The number of hydrogen-bond acceptors (Lipinski definition) is 7. The van der Waals surface area contributed by atoms with Gasteiger partial charge < -0.3 is 15.0 Å². The fourth-order valence-corrected chi connectivity index (χ4v) is 5.38. The topological polar surface area (TPSA) is 114 Å². The molecule has 2 aliphatic heterocycles. The summed E-state index contributed by atoms with van der Waals surface area (Å²) in [6.07, 6.45) is 0. The van der Waals surface area contributed by atoms with Gasteiger partial charge in [0.05, 0.1) is 16.6 Å². The van der Waals surface area contributed by atoms with E-state index in [9.17, 15) is 13.2 Å². The number of carbonyl (C=O) groups is 1. The van der Waals surface area contributed by atoms with Gasteiger partial charge in [0.15, 0.2) is 0 Å². The Kier molecular flexibility index (Phi) is 5.70. The molecule has 5 rings (SSSR count). The molecule has 2 aromatic carbocycles. The Balaban J connectivity index is 1.66. The van der Waals surface area contributed by atoms with E-state index in [4.69, 9.17) is 4.74 Å². The van der Waals surface area contributed by atoms with Crippen LogP contribution in [0, 0.1) is 13.8 Å². The second-order valence-corrected chi connectivity index (χ2v) is 10.2. The molecule has 34 heavy (non-hydrogen) atoms. The molecule has 1 fully saturated rings. The third-order valence-corrected chi connectivity index (χ3v) is 7.42. The molecule has 1 atom stereocenters. The SMILES string of the molecule is Cc1cccc(C)c1-c1cc2nc(n1)NS(=O)(=O)c1cccc(c1)C(=O)N1CCNC[C@@H]1CO2. The third-order valence-electron chi connectivity index (χ3n) is 6.09. The minimum Gasteiger partial charge on any atom is -0.475 e. The molecule has 176 valence electrons. The first-order valence-corrected chi connectivity index (χ1v) is 12.5. The lowest BCUT2D eigenvalue weighted by Gasteiger charge is -2.36. The first-order valence-electron chi connectivity index (χ1n) is 11.0. The smallest absolute Gasteiger partial charge is 0.264 e. The molecule has 0 unspecified atom stereocenters. The molecule has 4 bridgehead atoms. The monoisotopic (exact) mass is 479 g/mol. The first-order chi connectivity index (χ1) is 16.3. The van der Waals surface area contributed by atoms with Crippen LogP contribution in [0.15, 0.2) is 53.4 Å². The summed E-state index contributed by atoms with van der Waals surface area (Å²) in [6, 6.07) is 13.4. The van der Waals surface area contributed by atoms with Gasteiger partial charge in [-0.25, -0.2) is 18.1 Å². The Morgan fingerprint density at radius 1 is 1.06 bits per heavy atom. The lowest BCUT2D eigenvalue weighted by Crippen LogP contribution is -2.55. The van der Waals surface area contributed by atoms with Crippen LogP contribution in [-0.4, -0.2) is 61.5 Å². The summed E-state index contributed by atoms with van der Waals surface area (Å²) >= 11 is 0. The van der Waals surface area contributed by atoms with E-state index in [0.717, 1.165) is 16.7 Å². The zero-order valence-corrected chi connectivity index (χ0v) is 19.7. The van der Waals surface area contributed by atoms with E-state index in [1.54, 1.807) is 23.1 Å². The molecule has 10 heteroatoms.